The Morgan fingerprint density at radius 3 is 2.94 bits per heavy atom. The molecule has 0 amide bonds. The predicted octanol–water partition coefficient (Wildman–Crippen LogP) is 4.99. The monoisotopic (exact) mass is 309 g/mol. The van der Waals surface area contributed by atoms with Gasteiger partial charge >= 0.3 is 0 Å². The minimum absolute atomic E-state index is 0.681. The predicted molar refractivity (Wildman–Crippen MR) is 76.1 cm³/mol. The summed E-state index contributed by atoms with van der Waals surface area (Å²) < 4.78 is 1.06. The average Bonchev–Trinajstić information content (AvgIpc) is 2.29. The third-order valence-corrected chi connectivity index (χ3v) is 5.09. The van der Waals surface area contributed by atoms with E-state index in [1.165, 1.54) is 25.7 Å². The molecule has 0 aliphatic heterocycles. The van der Waals surface area contributed by atoms with Crippen molar-refractivity contribution in [1.29, 1.82) is 5.26 Å². The number of nitrogens with zero attached hydrogens (tertiary/aromatic N) is 1. The van der Waals surface area contributed by atoms with E-state index in [4.69, 9.17) is 5.26 Å². The van der Waals surface area contributed by atoms with Crippen molar-refractivity contribution in [3.8, 4) is 6.07 Å². The van der Waals surface area contributed by atoms with E-state index in [1.807, 2.05) is 23.9 Å². The maximum absolute atomic E-state index is 9.11. The van der Waals surface area contributed by atoms with Crippen molar-refractivity contribution in [2.75, 3.05) is 0 Å². The molecule has 0 heterocycles. The van der Waals surface area contributed by atoms with E-state index in [-0.39, 0.29) is 0 Å². The molecule has 0 radical (unpaired) electrons. The van der Waals surface area contributed by atoms with Crippen molar-refractivity contribution < 1.29 is 0 Å². The Hall–Kier alpha value is -0.460. The second-order valence-electron chi connectivity index (χ2n) is 4.76. The second-order valence-corrected chi connectivity index (χ2v) is 7.02. The molecule has 2 atom stereocenters. The Balaban J connectivity index is 2.12. The highest BCUT2D eigenvalue weighted by Crippen LogP contribution is 2.38. The van der Waals surface area contributed by atoms with Crippen LogP contribution in [0.1, 0.15) is 38.2 Å². The number of benzene rings is 1. The summed E-state index contributed by atoms with van der Waals surface area (Å²) in [7, 11) is 0. The summed E-state index contributed by atoms with van der Waals surface area (Å²) >= 11 is 5.36. The normalized spacial score (nSPS) is 24.3. The van der Waals surface area contributed by atoms with Crippen LogP contribution < -0.4 is 0 Å². The summed E-state index contributed by atoms with van der Waals surface area (Å²) in [5.41, 5.74) is 0.802. The van der Waals surface area contributed by atoms with Gasteiger partial charge in [0.25, 0.3) is 0 Å². The molecule has 1 nitrogen and oxygen atoms in total. The first-order chi connectivity index (χ1) is 8.19. The fraction of sp³-hybridized carbons (Fsp3) is 0.500. The highest BCUT2D eigenvalue weighted by molar-refractivity contribution is 9.10. The van der Waals surface area contributed by atoms with Gasteiger partial charge in [-0.1, -0.05) is 35.7 Å². The van der Waals surface area contributed by atoms with E-state index in [0.717, 1.165) is 20.8 Å². The van der Waals surface area contributed by atoms with Gasteiger partial charge in [-0.3, -0.25) is 0 Å². The molecule has 2 unspecified atom stereocenters. The Morgan fingerprint density at radius 2 is 2.24 bits per heavy atom. The molecule has 3 heteroatoms. The van der Waals surface area contributed by atoms with Crippen LogP contribution in [0.5, 0.6) is 0 Å². The fourth-order valence-electron chi connectivity index (χ4n) is 2.35. The number of hydrogen-bond acceptors (Lipinski definition) is 2. The molecule has 1 aliphatic carbocycles. The summed E-state index contributed by atoms with van der Waals surface area (Å²) in [6, 6.07) is 8.19. The van der Waals surface area contributed by atoms with Crippen molar-refractivity contribution in [2.45, 2.75) is 42.8 Å². The fourth-order valence-corrected chi connectivity index (χ4v) is 4.37. The van der Waals surface area contributed by atoms with E-state index in [9.17, 15) is 0 Å². The Kier molecular flexibility index (Phi) is 4.53. The number of hydrogen-bond donors (Lipinski definition) is 0. The average molecular weight is 310 g/mol. The number of thioether (sulfide) groups is 1. The molecular weight excluding hydrogens is 294 g/mol. The minimum atomic E-state index is 0.681. The van der Waals surface area contributed by atoms with Crippen molar-refractivity contribution in [2.24, 2.45) is 5.92 Å². The molecule has 90 valence electrons. The first-order valence-corrected chi connectivity index (χ1v) is 7.72. The zero-order valence-electron chi connectivity index (χ0n) is 9.95. The highest BCUT2D eigenvalue weighted by atomic mass is 79.9. The molecule has 0 spiro atoms. The molecule has 0 aromatic heterocycles. The van der Waals surface area contributed by atoms with Crippen LogP contribution in [-0.4, -0.2) is 5.25 Å². The highest BCUT2D eigenvalue weighted by Gasteiger charge is 2.20. The summed E-state index contributed by atoms with van der Waals surface area (Å²) in [6.45, 7) is 2.33. The van der Waals surface area contributed by atoms with Crippen LogP contribution in [0.15, 0.2) is 27.6 Å². The molecule has 1 fully saturated rings. The summed E-state index contributed by atoms with van der Waals surface area (Å²) in [6.07, 6.45) is 5.25. The number of nitriles is 1. The van der Waals surface area contributed by atoms with Crippen LogP contribution in [0.25, 0.3) is 0 Å². The molecule has 1 aromatic rings. The largest absolute Gasteiger partial charge is 0.192 e. The SMILES string of the molecule is CC1CCCC(Sc2cc(Br)ccc2C#N)C1. The van der Waals surface area contributed by atoms with Crippen LogP contribution in [-0.2, 0) is 0 Å². The maximum Gasteiger partial charge on any atom is 0.100 e. The van der Waals surface area contributed by atoms with Gasteiger partial charge in [-0.05, 0) is 37.0 Å². The zero-order valence-corrected chi connectivity index (χ0v) is 12.4. The third kappa shape index (κ3) is 3.50. The van der Waals surface area contributed by atoms with Crippen molar-refractivity contribution in [3.05, 3.63) is 28.2 Å². The van der Waals surface area contributed by atoms with E-state index >= 15 is 0 Å². The van der Waals surface area contributed by atoms with Crippen LogP contribution >= 0.6 is 27.7 Å². The lowest BCUT2D eigenvalue weighted by atomic mass is 9.91. The summed E-state index contributed by atoms with van der Waals surface area (Å²) in [5.74, 6) is 0.832. The van der Waals surface area contributed by atoms with Gasteiger partial charge in [-0.15, -0.1) is 11.8 Å². The molecule has 0 saturated heterocycles. The van der Waals surface area contributed by atoms with E-state index in [1.54, 1.807) is 0 Å². The first kappa shape index (κ1) is 13.0. The molecular formula is C14H16BrNS. The van der Waals surface area contributed by atoms with Gasteiger partial charge in [0.15, 0.2) is 0 Å². The molecule has 1 aliphatic rings. The Bertz CT molecular complexity index is 438. The van der Waals surface area contributed by atoms with Gasteiger partial charge in [-0.2, -0.15) is 5.26 Å². The Morgan fingerprint density at radius 1 is 1.41 bits per heavy atom. The van der Waals surface area contributed by atoms with Crippen LogP contribution in [0.2, 0.25) is 0 Å². The standard InChI is InChI=1S/C14H16BrNS/c1-10-3-2-4-13(7-10)17-14-8-12(15)6-5-11(14)9-16/h5-6,8,10,13H,2-4,7H2,1H3. The molecule has 1 aromatic carbocycles. The zero-order chi connectivity index (χ0) is 12.3. The van der Waals surface area contributed by atoms with E-state index in [0.29, 0.717) is 5.25 Å². The third-order valence-electron chi connectivity index (χ3n) is 3.25. The van der Waals surface area contributed by atoms with Gasteiger partial charge < -0.3 is 0 Å². The molecule has 0 bridgehead atoms. The minimum Gasteiger partial charge on any atom is -0.192 e. The van der Waals surface area contributed by atoms with Crippen LogP contribution in [0, 0.1) is 17.2 Å². The van der Waals surface area contributed by atoms with Crippen LogP contribution in [0.3, 0.4) is 0 Å². The van der Waals surface area contributed by atoms with Crippen molar-refractivity contribution in [3.63, 3.8) is 0 Å². The topological polar surface area (TPSA) is 23.8 Å². The molecule has 0 N–H and O–H groups in total. The van der Waals surface area contributed by atoms with Gasteiger partial charge in [0.2, 0.25) is 0 Å². The molecule has 17 heavy (non-hydrogen) atoms. The van der Waals surface area contributed by atoms with Gasteiger partial charge in [0.05, 0.1) is 5.56 Å². The van der Waals surface area contributed by atoms with E-state index in [2.05, 4.69) is 35.0 Å². The van der Waals surface area contributed by atoms with Gasteiger partial charge in [0.1, 0.15) is 6.07 Å². The lowest BCUT2D eigenvalue weighted by Gasteiger charge is -2.26. The quantitative estimate of drug-likeness (QED) is 0.768. The lowest BCUT2D eigenvalue weighted by Crippen LogP contribution is -2.15. The summed E-state index contributed by atoms with van der Waals surface area (Å²) in [4.78, 5) is 1.13. The molecule has 2 rings (SSSR count). The van der Waals surface area contributed by atoms with Crippen LogP contribution in [0.4, 0.5) is 0 Å². The summed E-state index contributed by atoms with van der Waals surface area (Å²) in [5, 5.41) is 9.79. The van der Waals surface area contributed by atoms with Crippen molar-refractivity contribution >= 4 is 27.7 Å². The smallest absolute Gasteiger partial charge is 0.100 e. The van der Waals surface area contributed by atoms with Crippen molar-refractivity contribution in [1.82, 2.24) is 0 Å². The van der Waals surface area contributed by atoms with Gasteiger partial charge in [-0.25, -0.2) is 0 Å². The maximum atomic E-state index is 9.11. The Labute approximate surface area is 116 Å². The number of halogens is 1. The number of rotatable bonds is 2. The van der Waals surface area contributed by atoms with E-state index < -0.39 is 0 Å². The lowest BCUT2D eigenvalue weighted by molar-refractivity contribution is 0.394. The second kappa shape index (κ2) is 5.93. The molecule has 1 saturated carbocycles. The van der Waals surface area contributed by atoms with Gasteiger partial charge in [0, 0.05) is 14.6 Å². The first-order valence-electron chi connectivity index (χ1n) is 6.05.